The molecule has 0 aromatic carbocycles. The fraction of sp³-hybridized carbons (Fsp3) is 0.750. The maximum atomic E-state index is 12.1. The number of nitrogens with one attached hydrogen (secondary N) is 1. The van der Waals surface area contributed by atoms with Crippen LogP contribution in [-0.4, -0.2) is 60.6 Å². The Balaban J connectivity index is 1.73. The van der Waals surface area contributed by atoms with Crippen LogP contribution in [0.15, 0.2) is 6.20 Å². The van der Waals surface area contributed by atoms with E-state index in [2.05, 4.69) is 14.9 Å². The SMILES string of the molecule is CO[C@@H]1CS(=O)(=O)[C@@H]2CN(Cc3ncc(C)[nH]3)C[C@@H]21. The molecule has 3 atom stereocenters. The highest BCUT2D eigenvalue weighted by Gasteiger charge is 2.52. The molecule has 0 spiro atoms. The third-order valence-corrected chi connectivity index (χ3v) is 6.37. The number of likely N-dealkylation sites (tertiary alicyclic amines) is 1. The summed E-state index contributed by atoms with van der Waals surface area (Å²) >= 11 is 0. The van der Waals surface area contributed by atoms with Gasteiger partial charge in [0.2, 0.25) is 0 Å². The lowest BCUT2D eigenvalue weighted by atomic mass is 10.0. The summed E-state index contributed by atoms with van der Waals surface area (Å²) in [5, 5.41) is -0.270. The number of imidazole rings is 1. The van der Waals surface area contributed by atoms with Gasteiger partial charge in [-0.2, -0.15) is 0 Å². The highest BCUT2D eigenvalue weighted by atomic mass is 32.2. The predicted molar refractivity (Wildman–Crippen MR) is 70.5 cm³/mol. The molecule has 3 rings (SSSR count). The van der Waals surface area contributed by atoms with Crippen LogP contribution in [-0.2, 0) is 21.1 Å². The third-order valence-electron chi connectivity index (χ3n) is 4.15. The molecule has 2 saturated heterocycles. The quantitative estimate of drug-likeness (QED) is 0.843. The first-order valence-electron chi connectivity index (χ1n) is 6.47. The number of sulfone groups is 1. The molecule has 1 N–H and O–H groups in total. The van der Waals surface area contributed by atoms with Crippen LogP contribution >= 0.6 is 0 Å². The fourth-order valence-corrected chi connectivity index (χ4v) is 5.54. The molecule has 7 heteroatoms. The maximum absolute atomic E-state index is 12.1. The largest absolute Gasteiger partial charge is 0.380 e. The van der Waals surface area contributed by atoms with Crippen molar-refractivity contribution in [2.45, 2.75) is 24.8 Å². The summed E-state index contributed by atoms with van der Waals surface area (Å²) in [4.78, 5) is 9.60. The van der Waals surface area contributed by atoms with Crippen LogP contribution in [0.25, 0.3) is 0 Å². The third kappa shape index (κ3) is 2.30. The Labute approximate surface area is 113 Å². The van der Waals surface area contributed by atoms with Crippen LogP contribution < -0.4 is 0 Å². The normalized spacial score (nSPS) is 33.7. The van der Waals surface area contributed by atoms with Crippen LogP contribution in [0.2, 0.25) is 0 Å². The molecule has 0 unspecified atom stereocenters. The summed E-state index contributed by atoms with van der Waals surface area (Å²) < 4.78 is 29.5. The number of ether oxygens (including phenoxy) is 1. The zero-order valence-corrected chi connectivity index (χ0v) is 12.0. The van der Waals surface area contributed by atoms with E-state index in [1.807, 2.05) is 6.92 Å². The van der Waals surface area contributed by atoms with Crippen LogP contribution in [0.1, 0.15) is 11.5 Å². The minimum Gasteiger partial charge on any atom is -0.380 e. The number of nitrogens with zero attached hydrogens (tertiary/aromatic N) is 2. The Morgan fingerprint density at radius 1 is 1.53 bits per heavy atom. The van der Waals surface area contributed by atoms with Gasteiger partial charge in [-0.25, -0.2) is 13.4 Å². The number of aryl methyl sites for hydroxylation is 1. The molecule has 2 aliphatic heterocycles. The van der Waals surface area contributed by atoms with E-state index in [4.69, 9.17) is 4.74 Å². The predicted octanol–water partition coefficient (Wildman–Crippen LogP) is -0.0381. The van der Waals surface area contributed by atoms with E-state index in [0.29, 0.717) is 13.1 Å². The Morgan fingerprint density at radius 3 is 2.95 bits per heavy atom. The summed E-state index contributed by atoms with van der Waals surface area (Å²) in [6.07, 6.45) is 1.64. The number of fused-ring (bicyclic) bond motifs is 1. The van der Waals surface area contributed by atoms with Crippen molar-refractivity contribution in [3.05, 3.63) is 17.7 Å². The first kappa shape index (κ1) is 13.1. The first-order valence-corrected chi connectivity index (χ1v) is 8.18. The van der Waals surface area contributed by atoms with Crippen molar-refractivity contribution in [2.24, 2.45) is 5.92 Å². The van der Waals surface area contributed by atoms with Gasteiger partial charge in [-0.15, -0.1) is 0 Å². The van der Waals surface area contributed by atoms with E-state index in [0.717, 1.165) is 18.1 Å². The zero-order valence-electron chi connectivity index (χ0n) is 11.2. The zero-order chi connectivity index (χ0) is 13.6. The van der Waals surface area contributed by atoms with Crippen LogP contribution in [0.5, 0.6) is 0 Å². The monoisotopic (exact) mass is 285 g/mol. The lowest BCUT2D eigenvalue weighted by Crippen LogP contribution is -2.28. The Bertz CT molecular complexity index is 569. The molecular weight excluding hydrogens is 266 g/mol. The number of hydrogen-bond donors (Lipinski definition) is 1. The van der Waals surface area contributed by atoms with Crippen molar-refractivity contribution in [3.8, 4) is 0 Å². The average Bonchev–Trinajstić information content (AvgIpc) is 2.98. The van der Waals surface area contributed by atoms with Crippen LogP contribution in [0.4, 0.5) is 0 Å². The maximum Gasteiger partial charge on any atom is 0.157 e. The van der Waals surface area contributed by atoms with Gasteiger partial charge in [-0.3, -0.25) is 4.90 Å². The second kappa shape index (κ2) is 4.57. The minimum absolute atomic E-state index is 0.103. The molecule has 1 aromatic rings. The van der Waals surface area contributed by atoms with Gasteiger partial charge in [0, 0.05) is 38.0 Å². The summed E-state index contributed by atoms with van der Waals surface area (Å²) in [6.45, 7) is 3.99. The molecule has 0 aliphatic carbocycles. The number of rotatable bonds is 3. The molecule has 6 nitrogen and oxygen atoms in total. The van der Waals surface area contributed by atoms with Gasteiger partial charge in [-0.1, -0.05) is 0 Å². The highest BCUT2D eigenvalue weighted by molar-refractivity contribution is 7.92. The van der Waals surface area contributed by atoms with E-state index < -0.39 is 9.84 Å². The van der Waals surface area contributed by atoms with Crippen molar-refractivity contribution in [2.75, 3.05) is 26.0 Å². The molecule has 106 valence electrons. The fourth-order valence-electron chi connectivity index (χ4n) is 3.22. The lowest BCUT2D eigenvalue weighted by Gasteiger charge is -2.17. The van der Waals surface area contributed by atoms with Gasteiger partial charge in [-0.05, 0) is 6.92 Å². The molecule has 1 aromatic heterocycles. The van der Waals surface area contributed by atoms with Crippen LogP contribution in [0.3, 0.4) is 0 Å². The van der Waals surface area contributed by atoms with Crippen LogP contribution in [0, 0.1) is 12.8 Å². The second-order valence-electron chi connectivity index (χ2n) is 5.51. The van der Waals surface area contributed by atoms with Crippen molar-refractivity contribution in [3.63, 3.8) is 0 Å². The van der Waals surface area contributed by atoms with Gasteiger partial charge in [0.15, 0.2) is 9.84 Å². The van der Waals surface area contributed by atoms with Gasteiger partial charge >= 0.3 is 0 Å². The molecule has 3 heterocycles. The number of methoxy groups -OCH3 is 1. The summed E-state index contributed by atoms with van der Waals surface area (Å²) in [7, 11) is -1.40. The van der Waals surface area contributed by atoms with E-state index in [1.54, 1.807) is 13.3 Å². The summed E-state index contributed by atoms with van der Waals surface area (Å²) in [6, 6.07) is 0. The number of hydrogen-bond acceptors (Lipinski definition) is 5. The molecule has 2 aliphatic rings. The van der Waals surface area contributed by atoms with Crippen molar-refractivity contribution >= 4 is 9.84 Å². The molecule has 0 bridgehead atoms. The van der Waals surface area contributed by atoms with E-state index in [-0.39, 0.29) is 23.0 Å². The Kier molecular flexibility index (Phi) is 3.15. The minimum atomic E-state index is -3.00. The molecule has 19 heavy (non-hydrogen) atoms. The number of aromatic amines is 1. The highest BCUT2D eigenvalue weighted by Crippen LogP contribution is 2.35. The molecule has 0 saturated carbocycles. The smallest absolute Gasteiger partial charge is 0.157 e. The topological polar surface area (TPSA) is 75.3 Å². The second-order valence-corrected chi connectivity index (χ2v) is 7.78. The molecule has 2 fully saturated rings. The standard InChI is InChI=1S/C12H19N3O3S/c1-8-3-13-12(14-8)6-15-4-9-10(18-2)7-19(16,17)11(9)5-15/h3,9-11H,4-7H2,1-2H3,(H,13,14)/t9-,10-,11-/m1/s1. The summed E-state index contributed by atoms with van der Waals surface area (Å²) in [5.41, 5.74) is 1.02. The Morgan fingerprint density at radius 2 is 2.32 bits per heavy atom. The summed E-state index contributed by atoms with van der Waals surface area (Å²) in [5.74, 6) is 1.17. The number of H-pyrrole nitrogens is 1. The van der Waals surface area contributed by atoms with Crippen molar-refractivity contribution < 1.29 is 13.2 Å². The van der Waals surface area contributed by atoms with Crippen molar-refractivity contribution in [1.82, 2.24) is 14.9 Å². The molecule has 0 amide bonds. The van der Waals surface area contributed by atoms with E-state index in [1.165, 1.54) is 0 Å². The Hall–Kier alpha value is -0.920. The molecular formula is C12H19N3O3S. The van der Waals surface area contributed by atoms with Gasteiger partial charge in [0.05, 0.1) is 23.7 Å². The number of aromatic nitrogens is 2. The first-order chi connectivity index (χ1) is 8.99. The van der Waals surface area contributed by atoms with Gasteiger partial charge in [0.25, 0.3) is 0 Å². The average molecular weight is 285 g/mol. The van der Waals surface area contributed by atoms with Gasteiger partial charge in [0.1, 0.15) is 5.82 Å². The van der Waals surface area contributed by atoms with Gasteiger partial charge < -0.3 is 9.72 Å². The molecule has 0 radical (unpaired) electrons. The van der Waals surface area contributed by atoms with E-state index >= 15 is 0 Å². The van der Waals surface area contributed by atoms with Crippen molar-refractivity contribution in [1.29, 1.82) is 0 Å². The lowest BCUT2D eigenvalue weighted by molar-refractivity contribution is 0.0801. The van der Waals surface area contributed by atoms with E-state index in [9.17, 15) is 8.42 Å².